The normalized spacial score (nSPS) is 12.5. The molecule has 1 aromatic heterocycles. The Kier molecular flexibility index (Phi) is 9.31. The zero-order chi connectivity index (χ0) is 24.4. The molecule has 2 aromatic rings. The van der Waals surface area contributed by atoms with Gasteiger partial charge in [-0.2, -0.15) is 10.2 Å². The van der Waals surface area contributed by atoms with Gasteiger partial charge >= 0.3 is 5.69 Å². The number of hydrogen-bond acceptors (Lipinski definition) is 10. The third kappa shape index (κ3) is 7.29. The van der Waals surface area contributed by atoms with Gasteiger partial charge in [-0.25, -0.2) is 4.98 Å². The number of methoxy groups -OCH3 is 1. The summed E-state index contributed by atoms with van der Waals surface area (Å²) < 4.78 is 10.3. The zero-order valence-corrected chi connectivity index (χ0v) is 18.9. The van der Waals surface area contributed by atoms with Crippen molar-refractivity contribution in [1.29, 1.82) is 5.26 Å². The molecule has 12 nitrogen and oxygen atoms in total. The predicted octanol–water partition coefficient (Wildman–Crippen LogP) is 1.71. The van der Waals surface area contributed by atoms with Crippen molar-refractivity contribution in [3.05, 3.63) is 45.6 Å². The summed E-state index contributed by atoms with van der Waals surface area (Å²) in [6, 6.07) is 6.19. The SMILES string of the molecule is CN(C)CCOc1cc(C(=O)N2CCCC2)ccc1[N+](=O)[O-].COc1nc(N)ncc1C#N. The largest absolute Gasteiger partial charge is 0.485 e. The lowest BCUT2D eigenvalue weighted by Crippen LogP contribution is -2.27. The third-order valence-corrected chi connectivity index (χ3v) is 4.68. The van der Waals surface area contributed by atoms with Crippen LogP contribution >= 0.6 is 0 Å². The second-order valence-electron chi connectivity index (χ2n) is 7.35. The van der Waals surface area contributed by atoms with Crippen molar-refractivity contribution in [1.82, 2.24) is 19.8 Å². The Morgan fingerprint density at radius 1 is 1.36 bits per heavy atom. The molecule has 33 heavy (non-hydrogen) atoms. The van der Waals surface area contributed by atoms with Crippen LogP contribution in [0.4, 0.5) is 11.6 Å². The first-order valence-corrected chi connectivity index (χ1v) is 10.2. The molecule has 1 aliphatic heterocycles. The van der Waals surface area contributed by atoms with Gasteiger partial charge in [-0.1, -0.05) is 0 Å². The Hall–Kier alpha value is -3.98. The maximum absolute atomic E-state index is 12.4. The summed E-state index contributed by atoms with van der Waals surface area (Å²) in [5.74, 6) is 0.364. The van der Waals surface area contributed by atoms with Gasteiger partial charge in [0.15, 0.2) is 5.75 Å². The summed E-state index contributed by atoms with van der Waals surface area (Å²) in [6.45, 7) is 2.45. The van der Waals surface area contributed by atoms with Crippen LogP contribution in [0.2, 0.25) is 0 Å². The fraction of sp³-hybridized carbons (Fsp3) is 0.429. The molecule has 0 unspecified atom stereocenters. The van der Waals surface area contributed by atoms with Crippen molar-refractivity contribution in [3.63, 3.8) is 0 Å². The van der Waals surface area contributed by atoms with Gasteiger partial charge in [0.1, 0.15) is 18.2 Å². The minimum absolute atomic E-state index is 0.0927. The Labute approximate surface area is 191 Å². The molecular weight excluding hydrogens is 430 g/mol. The van der Waals surface area contributed by atoms with E-state index in [-0.39, 0.29) is 34.7 Å². The first-order valence-electron chi connectivity index (χ1n) is 10.2. The molecule has 1 fully saturated rings. The summed E-state index contributed by atoms with van der Waals surface area (Å²) >= 11 is 0. The number of nitro benzene ring substituents is 1. The quantitative estimate of drug-likeness (QED) is 0.478. The van der Waals surface area contributed by atoms with Crippen molar-refractivity contribution < 1.29 is 19.2 Å². The van der Waals surface area contributed by atoms with Gasteiger partial charge in [0, 0.05) is 37.3 Å². The molecule has 1 amide bonds. The summed E-state index contributed by atoms with van der Waals surface area (Å²) in [7, 11) is 5.21. The minimum Gasteiger partial charge on any atom is -0.485 e. The summed E-state index contributed by atoms with van der Waals surface area (Å²) in [6.07, 6.45) is 3.33. The van der Waals surface area contributed by atoms with E-state index in [0.29, 0.717) is 18.7 Å². The molecule has 2 heterocycles. The number of nitrogens with two attached hydrogens (primary N) is 1. The van der Waals surface area contributed by atoms with Crippen LogP contribution in [0.3, 0.4) is 0 Å². The van der Waals surface area contributed by atoms with E-state index in [1.807, 2.05) is 25.1 Å². The van der Waals surface area contributed by atoms with Crippen molar-refractivity contribution in [3.8, 4) is 17.7 Å². The third-order valence-electron chi connectivity index (χ3n) is 4.68. The van der Waals surface area contributed by atoms with E-state index in [1.165, 1.54) is 31.5 Å². The fourth-order valence-corrected chi connectivity index (χ4v) is 2.97. The Balaban J connectivity index is 0.000000294. The molecule has 2 N–H and O–H groups in total. The molecule has 0 aliphatic carbocycles. The number of likely N-dealkylation sites (N-methyl/N-ethyl adjacent to an activating group) is 1. The van der Waals surface area contributed by atoms with E-state index in [1.54, 1.807) is 4.90 Å². The number of nitriles is 1. The maximum Gasteiger partial charge on any atom is 0.310 e. The summed E-state index contributed by atoms with van der Waals surface area (Å²) in [4.78, 5) is 33.9. The second-order valence-corrected chi connectivity index (χ2v) is 7.35. The number of carbonyl (C=O) groups is 1. The average molecular weight is 457 g/mol. The van der Waals surface area contributed by atoms with Gasteiger partial charge in [0.2, 0.25) is 11.8 Å². The number of ether oxygens (including phenoxy) is 2. The number of benzene rings is 1. The van der Waals surface area contributed by atoms with Crippen LogP contribution in [0.15, 0.2) is 24.4 Å². The van der Waals surface area contributed by atoms with Gasteiger partial charge < -0.3 is 25.0 Å². The number of aromatic nitrogens is 2. The van der Waals surface area contributed by atoms with E-state index in [2.05, 4.69) is 9.97 Å². The van der Waals surface area contributed by atoms with Crippen LogP contribution in [0.1, 0.15) is 28.8 Å². The number of rotatable bonds is 7. The number of amides is 1. The Morgan fingerprint density at radius 3 is 2.64 bits per heavy atom. The molecule has 0 saturated carbocycles. The highest BCUT2D eigenvalue weighted by molar-refractivity contribution is 5.95. The van der Waals surface area contributed by atoms with E-state index >= 15 is 0 Å². The lowest BCUT2D eigenvalue weighted by atomic mass is 10.1. The van der Waals surface area contributed by atoms with Crippen LogP contribution in [0.5, 0.6) is 11.6 Å². The van der Waals surface area contributed by atoms with Crippen molar-refractivity contribution in [2.75, 3.05) is 53.2 Å². The molecular formula is C21H27N7O5. The molecule has 12 heteroatoms. The molecule has 1 saturated heterocycles. The highest BCUT2D eigenvalue weighted by atomic mass is 16.6. The van der Waals surface area contributed by atoms with Gasteiger partial charge in [-0.15, -0.1) is 0 Å². The van der Waals surface area contributed by atoms with Gasteiger partial charge in [-0.05, 0) is 33.0 Å². The molecule has 1 aliphatic rings. The molecule has 1 aromatic carbocycles. The van der Waals surface area contributed by atoms with Gasteiger partial charge in [0.25, 0.3) is 5.91 Å². The van der Waals surface area contributed by atoms with Crippen LogP contribution < -0.4 is 15.2 Å². The molecule has 0 radical (unpaired) electrons. The van der Waals surface area contributed by atoms with E-state index in [0.717, 1.165) is 25.9 Å². The number of carbonyl (C=O) groups excluding carboxylic acids is 1. The Morgan fingerprint density at radius 2 is 2.06 bits per heavy atom. The first kappa shape index (κ1) is 25.3. The number of anilines is 1. The second kappa shape index (κ2) is 12.2. The topological polar surface area (TPSA) is 161 Å². The maximum atomic E-state index is 12.4. The molecule has 176 valence electrons. The first-order chi connectivity index (χ1) is 15.8. The zero-order valence-electron chi connectivity index (χ0n) is 18.9. The predicted molar refractivity (Wildman–Crippen MR) is 120 cm³/mol. The fourth-order valence-electron chi connectivity index (χ4n) is 2.97. The van der Waals surface area contributed by atoms with Gasteiger partial charge in [0.05, 0.1) is 18.2 Å². The van der Waals surface area contributed by atoms with Crippen LogP contribution in [0, 0.1) is 21.4 Å². The standard InChI is InChI=1S/C15H21N3O4.C6H6N4O/c1-16(2)9-10-22-14-11-12(5-6-13(14)18(20)21)15(19)17-7-3-4-8-17;1-11-5-4(2-7)3-9-6(8)10-5/h5-6,11H,3-4,7-10H2,1-2H3;3H,1H3,(H2,8,9,10). The lowest BCUT2D eigenvalue weighted by molar-refractivity contribution is -0.385. The van der Waals surface area contributed by atoms with Crippen LogP contribution in [0.25, 0.3) is 0 Å². The highest BCUT2D eigenvalue weighted by Gasteiger charge is 2.23. The highest BCUT2D eigenvalue weighted by Crippen LogP contribution is 2.29. The monoisotopic (exact) mass is 457 g/mol. The molecule has 3 rings (SSSR count). The van der Waals surface area contributed by atoms with Crippen molar-refractivity contribution in [2.24, 2.45) is 0 Å². The average Bonchev–Trinajstić information content (AvgIpc) is 3.33. The van der Waals surface area contributed by atoms with E-state index in [4.69, 9.17) is 20.5 Å². The summed E-state index contributed by atoms with van der Waals surface area (Å²) in [5.41, 5.74) is 5.85. The minimum atomic E-state index is -0.491. The number of hydrogen-bond donors (Lipinski definition) is 1. The lowest BCUT2D eigenvalue weighted by Gasteiger charge is -2.16. The molecule has 0 atom stereocenters. The number of nitrogen functional groups attached to an aromatic ring is 1. The Bertz CT molecular complexity index is 1020. The van der Waals surface area contributed by atoms with Crippen molar-refractivity contribution in [2.45, 2.75) is 12.8 Å². The van der Waals surface area contributed by atoms with Crippen LogP contribution in [-0.2, 0) is 0 Å². The smallest absolute Gasteiger partial charge is 0.310 e. The molecule has 0 bridgehead atoms. The van der Waals surface area contributed by atoms with E-state index in [9.17, 15) is 14.9 Å². The van der Waals surface area contributed by atoms with Crippen LogP contribution in [-0.4, -0.2) is 78.0 Å². The number of likely N-dealkylation sites (tertiary alicyclic amines) is 1. The number of nitrogens with zero attached hydrogens (tertiary/aromatic N) is 6. The van der Waals surface area contributed by atoms with E-state index < -0.39 is 4.92 Å². The molecule has 0 spiro atoms. The van der Waals surface area contributed by atoms with Gasteiger partial charge in [-0.3, -0.25) is 14.9 Å². The number of nitro groups is 1. The summed E-state index contributed by atoms with van der Waals surface area (Å²) in [5, 5.41) is 19.6. The van der Waals surface area contributed by atoms with Crippen molar-refractivity contribution >= 4 is 17.5 Å².